The molecule has 0 aromatic heterocycles. The van der Waals surface area contributed by atoms with Gasteiger partial charge in [-0.15, -0.1) is 0 Å². The van der Waals surface area contributed by atoms with E-state index in [1.54, 1.807) is 43.3 Å². The Balaban J connectivity index is 2.06. The third kappa shape index (κ3) is 3.82. The number of carbonyl (C=O) groups is 2. The van der Waals surface area contributed by atoms with Gasteiger partial charge in [-0.3, -0.25) is 0 Å². The lowest BCUT2D eigenvalue weighted by atomic mass is 10.1. The molecule has 0 amide bonds. The van der Waals surface area contributed by atoms with Crippen LogP contribution in [0.25, 0.3) is 0 Å². The molecule has 1 N–H and O–H groups in total. The zero-order chi connectivity index (χ0) is 15.2. The molecule has 0 fully saturated rings. The van der Waals surface area contributed by atoms with Gasteiger partial charge in [0.15, 0.2) is 0 Å². The van der Waals surface area contributed by atoms with Crippen molar-refractivity contribution in [2.75, 3.05) is 0 Å². The number of carbonyl (C=O) groups excluding carboxylic acids is 1. The summed E-state index contributed by atoms with van der Waals surface area (Å²) in [6.45, 7) is 1.56. The lowest BCUT2D eigenvalue weighted by Gasteiger charge is -2.15. The fraction of sp³-hybridized carbons (Fsp3) is 0.125. The van der Waals surface area contributed by atoms with Crippen LogP contribution >= 0.6 is 0 Å². The highest BCUT2D eigenvalue weighted by Crippen LogP contribution is 2.14. The lowest BCUT2D eigenvalue weighted by molar-refractivity contribution is -0.0373. The molecule has 5 heteroatoms. The van der Waals surface area contributed by atoms with Crippen LogP contribution < -0.4 is 4.74 Å². The van der Waals surface area contributed by atoms with E-state index in [1.165, 1.54) is 12.1 Å². The number of carboxylic acid groups (broad SMARTS) is 1. The molecule has 108 valence electrons. The van der Waals surface area contributed by atoms with Crippen LogP contribution in [0.15, 0.2) is 54.6 Å². The minimum atomic E-state index is -1.18. The van der Waals surface area contributed by atoms with Gasteiger partial charge in [-0.05, 0) is 24.3 Å². The molecule has 0 heterocycles. The van der Waals surface area contributed by atoms with Gasteiger partial charge in [-0.2, -0.15) is 0 Å². The van der Waals surface area contributed by atoms with Crippen molar-refractivity contribution in [1.29, 1.82) is 0 Å². The van der Waals surface area contributed by atoms with Crippen molar-refractivity contribution in [3.8, 4) is 5.75 Å². The van der Waals surface area contributed by atoms with Crippen LogP contribution in [0.1, 0.15) is 27.6 Å². The Kier molecular flexibility index (Phi) is 4.56. The minimum Gasteiger partial charge on any atom is -0.478 e. The van der Waals surface area contributed by atoms with Crippen molar-refractivity contribution in [2.24, 2.45) is 0 Å². The van der Waals surface area contributed by atoms with Gasteiger partial charge in [0.25, 0.3) is 0 Å². The number of para-hydroxylation sites is 1. The van der Waals surface area contributed by atoms with Crippen molar-refractivity contribution in [3.63, 3.8) is 0 Å². The maximum atomic E-state index is 12.0. The van der Waals surface area contributed by atoms with Gasteiger partial charge in [0.05, 0.1) is 11.1 Å². The molecule has 0 aliphatic rings. The SMILES string of the molecule is CC(OC(=O)c1ccccc1C(=O)O)Oc1ccccc1. The average Bonchev–Trinajstić information content (AvgIpc) is 2.48. The predicted molar refractivity (Wildman–Crippen MR) is 75.3 cm³/mol. The molecule has 0 aliphatic carbocycles. The Morgan fingerprint density at radius 2 is 1.52 bits per heavy atom. The number of hydrogen-bond donors (Lipinski definition) is 1. The maximum absolute atomic E-state index is 12.0. The normalized spacial score (nSPS) is 11.5. The van der Waals surface area contributed by atoms with E-state index in [-0.39, 0.29) is 11.1 Å². The molecule has 2 aromatic rings. The molecule has 5 nitrogen and oxygen atoms in total. The molecule has 0 aliphatic heterocycles. The maximum Gasteiger partial charge on any atom is 0.342 e. The second-order valence-corrected chi connectivity index (χ2v) is 4.25. The predicted octanol–water partition coefficient (Wildman–Crippen LogP) is 2.97. The Morgan fingerprint density at radius 3 is 2.14 bits per heavy atom. The molecule has 21 heavy (non-hydrogen) atoms. The van der Waals surface area contributed by atoms with E-state index in [4.69, 9.17) is 14.6 Å². The van der Waals surface area contributed by atoms with Gasteiger partial charge >= 0.3 is 11.9 Å². The molecular formula is C16H14O5. The number of ether oxygens (including phenoxy) is 2. The number of carboxylic acids is 1. The molecule has 0 saturated heterocycles. The van der Waals surface area contributed by atoms with Crippen LogP contribution in [-0.2, 0) is 4.74 Å². The second-order valence-electron chi connectivity index (χ2n) is 4.25. The second kappa shape index (κ2) is 6.56. The van der Waals surface area contributed by atoms with Gasteiger partial charge in [0.2, 0.25) is 6.29 Å². The average molecular weight is 286 g/mol. The highest BCUT2D eigenvalue weighted by atomic mass is 16.7. The van der Waals surface area contributed by atoms with Crippen LogP contribution in [0, 0.1) is 0 Å². The molecule has 2 rings (SSSR count). The summed E-state index contributed by atoms with van der Waals surface area (Å²) in [6.07, 6.45) is -0.832. The van der Waals surface area contributed by atoms with E-state index >= 15 is 0 Å². The van der Waals surface area contributed by atoms with Gasteiger partial charge in [0, 0.05) is 6.92 Å². The standard InChI is InChI=1S/C16H14O5/c1-11(20-12-7-3-2-4-8-12)21-16(19)14-10-6-5-9-13(14)15(17)18/h2-11H,1H3,(H,17,18). The fourth-order valence-electron chi connectivity index (χ4n) is 1.78. The fourth-order valence-corrected chi connectivity index (χ4v) is 1.78. The summed E-state index contributed by atoms with van der Waals surface area (Å²) in [7, 11) is 0. The largest absolute Gasteiger partial charge is 0.478 e. The first-order valence-corrected chi connectivity index (χ1v) is 6.33. The molecule has 0 radical (unpaired) electrons. The molecule has 2 aromatic carbocycles. The third-order valence-corrected chi connectivity index (χ3v) is 2.70. The monoisotopic (exact) mass is 286 g/mol. The van der Waals surface area contributed by atoms with Gasteiger partial charge < -0.3 is 14.6 Å². The van der Waals surface area contributed by atoms with Gasteiger partial charge in [0.1, 0.15) is 5.75 Å². The van der Waals surface area contributed by atoms with Crippen molar-refractivity contribution in [1.82, 2.24) is 0 Å². The Bertz CT molecular complexity index is 636. The van der Waals surface area contributed by atoms with Crippen molar-refractivity contribution >= 4 is 11.9 Å². The van der Waals surface area contributed by atoms with Crippen LogP contribution in [0.4, 0.5) is 0 Å². The lowest BCUT2D eigenvalue weighted by Crippen LogP contribution is -2.22. The summed E-state index contributed by atoms with van der Waals surface area (Å²) >= 11 is 0. The summed E-state index contributed by atoms with van der Waals surface area (Å²) in [4.78, 5) is 23.1. The van der Waals surface area contributed by atoms with E-state index in [1.807, 2.05) is 6.07 Å². The van der Waals surface area contributed by atoms with E-state index in [0.717, 1.165) is 0 Å². The quantitative estimate of drug-likeness (QED) is 0.675. The van der Waals surface area contributed by atoms with E-state index in [0.29, 0.717) is 5.75 Å². The zero-order valence-corrected chi connectivity index (χ0v) is 11.4. The molecule has 0 spiro atoms. The summed E-state index contributed by atoms with van der Waals surface area (Å²) in [5, 5.41) is 9.04. The van der Waals surface area contributed by atoms with Gasteiger partial charge in [-0.1, -0.05) is 30.3 Å². The summed E-state index contributed by atoms with van der Waals surface area (Å²) in [5.41, 5.74) is -0.108. The number of hydrogen-bond acceptors (Lipinski definition) is 4. The van der Waals surface area contributed by atoms with E-state index in [9.17, 15) is 9.59 Å². The van der Waals surface area contributed by atoms with Crippen LogP contribution in [-0.4, -0.2) is 23.3 Å². The number of rotatable bonds is 5. The van der Waals surface area contributed by atoms with E-state index < -0.39 is 18.2 Å². The van der Waals surface area contributed by atoms with Crippen molar-refractivity contribution in [3.05, 3.63) is 65.7 Å². The zero-order valence-electron chi connectivity index (χ0n) is 11.4. The van der Waals surface area contributed by atoms with E-state index in [2.05, 4.69) is 0 Å². The van der Waals surface area contributed by atoms with Crippen LogP contribution in [0.3, 0.4) is 0 Å². The number of esters is 1. The minimum absolute atomic E-state index is 0.00601. The molecule has 0 saturated carbocycles. The Labute approximate surface area is 121 Å². The molecule has 0 bridgehead atoms. The highest BCUT2D eigenvalue weighted by molar-refractivity contribution is 6.02. The summed E-state index contributed by atoms with van der Waals surface area (Å²) in [6, 6.07) is 14.8. The van der Waals surface area contributed by atoms with Crippen molar-refractivity contribution in [2.45, 2.75) is 13.2 Å². The summed E-state index contributed by atoms with van der Waals surface area (Å²) in [5.74, 6) is -1.36. The third-order valence-electron chi connectivity index (χ3n) is 2.70. The summed E-state index contributed by atoms with van der Waals surface area (Å²) < 4.78 is 10.5. The van der Waals surface area contributed by atoms with Crippen LogP contribution in [0.5, 0.6) is 5.75 Å². The highest BCUT2D eigenvalue weighted by Gasteiger charge is 2.19. The molecule has 1 atom stereocenters. The first-order chi connectivity index (χ1) is 10.1. The Morgan fingerprint density at radius 1 is 0.952 bits per heavy atom. The topological polar surface area (TPSA) is 72.8 Å². The van der Waals surface area contributed by atoms with Crippen molar-refractivity contribution < 1.29 is 24.2 Å². The number of aromatic carboxylic acids is 1. The first kappa shape index (κ1) is 14.6. The van der Waals surface area contributed by atoms with Crippen LogP contribution in [0.2, 0.25) is 0 Å². The smallest absolute Gasteiger partial charge is 0.342 e. The van der Waals surface area contributed by atoms with Gasteiger partial charge in [-0.25, -0.2) is 9.59 Å². The first-order valence-electron chi connectivity index (χ1n) is 6.33. The molecule has 1 unspecified atom stereocenters. The number of benzene rings is 2. The molecular weight excluding hydrogens is 272 g/mol. The Hall–Kier alpha value is -2.82.